The molecule has 0 aromatic carbocycles. The monoisotopic (exact) mass is 395 g/mol. The second-order valence-electron chi connectivity index (χ2n) is 9.75. The normalized spacial score (nSPS) is 16.9. The first-order chi connectivity index (χ1) is 12.1. The molecular weight excluding hydrogens is 358 g/mol. The molecule has 0 saturated carbocycles. The lowest BCUT2D eigenvalue weighted by Gasteiger charge is -2.45. The molecule has 0 N–H and O–H groups in total. The molecule has 0 spiro atoms. The summed E-state index contributed by atoms with van der Waals surface area (Å²) in [7, 11) is -0.132. The molecule has 0 unspecified atom stereocenters. The van der Waals surface area contributed by atoms with E-state index >= 15 is 0 Å². The van der Waals surface area contributed by atoms with Crippen molar-refractivity contribution in [2.45, 2.75) is 77.3 Å². The smallest absolute Gasteiger partial charge is 0.410 e. The Morgan fingerprint density at radius 1 is 1.19 bits per heavy atom. The van der Waals surface area contributed by atoms with E-state index in [0.717, 1.165) is 5.57 Å². The van der Waals surface area contributed by atoms with Gasteiger partial charge in [-0.3, -0.25) is 0 Å². The lowest BCUT2D eigenvalue weighted by atomic mass is 9.94. The molecule has 1 aliphatic rings. The van der Waals surface area contributed by atoms with Gasteiger partial charge in [-0.1, -0.05) is 39.2 Å². The van der Waals surface area contributed by atoms with Gasteiger partial charge in [0.2, 0.25) is 0 Å². The van der Waals surface area contributed by atoms with Gasteiger partial charge in [0.05, 0.1) is 13.1 Å². The molecule has 1 heterocycles. The lowest BCUT2D eigenvalue weighted by molar-refractivity contribution is -0.0851. The number of carbonyl (C=O) groups is 1. The highest BCUT2D eigenvalue weighted by Gasteiger charge is 2.46. The van der Waals surface area contributed by atoms with Gasteiger partial charge in [0.25, 0.3) is 0 Å². The van der Waals surface area contributed by atoms with Crippen LogP contribution in [0.25, 0.3) is 0 Å². The summed E-state index contributed by atoms with van der Waals surface area (Å²) < 4.78 is 17.1. The Labute approximate surface area is 166 Å². The molecule has 1 amide bonds. The van der Waals surface area contributed by atoms with Crippen molar-refractivity contribution in [2.24, 2.45) is 0 Å². The van der Waals surface area contributed by atoms with Gasteiger partial charge in [-0.15, -0.1) is 0 Å². The van der Waals surface area contributed by atoms with Crippen LogP contribution in [0.4, 0.5) is 4.79 Å². The minimum Gasteiger partial charge on any atom is -0.444 e. The van der Waals surface area contributed by atoms with Gasteiger partial charge in [0.1, 0.15) is 5.60 Å². The average molecular weight is 396 g/mol. The minimum absolute atomic E-state index is 0.192. The number of hydrogen-bond acceptors (Lipinski definition) is 4. The van der Waals surface area contributed by atoms with Crippen LogP contribution >= 0.6 is 0 Å². The van der Waals surface area contributed by atoms with Gasteiger partial charge in [-0.05, 0) is 44.5 Å². The van der Waals surface area contributed by atoms with Crippen LogP contribution in [0, 0.1) is 11.8 Å². The Morgan fingerprint density at radius 3 is 2.19 bits per heavy atom. The highest BCUT2D eigenvalue weighted by atomic mass is 28.4. The number of rotatable bonds is 5. The maximum atomic E-state index is 12.1. The molecule has 0 atom stereocenters. The SMILES string of the molecule is C=C(C#CC1(OC)CN(C(=O)OC(C)(C)C)C1)CCO[Si](C)(C)C(C)(C)C. The molecule has 27 heavy (non-hydrogen) atoms. The Kier molecular flexibility index (Phi) is 7.37. The van der Waals surface area contributed by atoms with Crippen molar-refractivity contribution in [3.63, 3.8) is 0 Å². The fourth-order valence-corrected chi connectivity index (χ4v) is 3.24. The van der Waals surface area contributed by atoms with Crippen LogP contribution in [-0.2, 0) is 13.9 Å². The molecule has 0 aromatic rings. The van der Waals surface area contributed by atoms with E-state index in [4.69, 9.17) is 13.9 Å². The van der Waals surface area contributed by atoms with E-state index in [1.165, 1.54) is 0 Å². The zero-order valence-corrected chi connectivity index (χ0v) is 19.6. The summed E-state index contributed by atoms with van der Waals surface area (Å²) in [6, 6.07) is 0. The van der Waals surface area contributed by atoms with Gasteiger partial charge >= 0.3 is 6.09 Å². The van der Waals surface area contributed by atoms with Gasteiger partial charge in [0.15, 0.2) is 13.9 Å². The van der Waals surface area contributed by atoms with E-state index in [2.05, 4.69) is 52.3 Å². The number of methoxy groups -OCH3 is 1. The number of ether oxygens (including phenoxy) is 2. The van der Waals surface area contributed by atoms with Crippen LogP contribution in [-0.4, -0.2) is 57.3 Å². The summed E-state index contributed by atoms with van der Waals surface area (Å²) in [5.41, 5.74) is -0.326. The number of carbonyl (C=O) groups excluding carboxylic acids is 1. The molecule has 1 saturated heterocycles. The van der Waals surface area contributed by atoms with E-state index in [0.29, 0.717) is 26.1 Å². The summed E-state index contributed by atoms with van der Waals surface area (Å²) in [6.45, 7) is 22.2. The van der Waals surface area contributed by atoms with E-state index in [1.807, 2.05) is 20.8 Å². The Balaban J connectivity index is 2.53. The van der Waals surface area contributed by atoms with E-state index < -0.39 is 19.5 Å². The van der Waals surface area contributed by atoms with Crippen LogP contribution in [0.3, 0.4) is 0 Å². The van der Waals surface area contributed by atoms with E-state index in [1.54, 1.807) is 12.0 Å². The van der Waals surface area contributed by atoms with Gasteiger partial charge in [-0.2, -0.15) is 0 Å². The molecule has 0 aliphatic carbocycles. The lowest BCUT2D eigenvalue weighted by Crippen LogP contribution is -2.64. The number of hydrogen-bond donors (Lipinski definition) is 0. The van der Waals surface area contributed by atoms with Crippen LogP contribution in [0.2, 0.25) is 18.1 Å². The molecule has 6 heteroatoms. The molecular formula is C21H37NO4Si. The largest absolute Gasteiger partial charge is 0.444 e. The third-order valence-corrected chi connectivity index (χ3v) is 9.61. The summed E-state index contributed by atoms with van der Waals surface area (Å²) in [5.74, 6) is 6.24. The van der Waals surface area contributed by atoms with Crippen LogP contribution in [0.15, 0.2) is 12.2 Å². The second kappa shape index (κ2) is 8.38. The van der Waals surface area contributed by atoms with Crippen molar-refractivity contribution in [3.05, 3.63) is 12.2 Å². The number of likely N-dealkylation sites (tertiary alicyclic amines) is 1. The maximum absolute atomic E-state index is 12.1. The molecule has 5 nitrogen and oxygen atoms in total. The Bertz CT molecular complexity index is 611. The maximum Gasteiger partial charge on any atom is 0.410 e. The summed E-state index contributed by atoms with van der Waals surface area (Å²) >= 11 is 0. The molecule has 154 valence electrons. The standard InChI is InChI=1S/C21H37NO4Si/c1-17(12-14-25-27(9,10)20(5,6)7)11-13-21(24-8)15-22(16-21)18(23)26-19(2,3)4/h1,12,14-16H2,2-10H3. The number of nitrogens with zero attached hydrogens (tertiary/aromatic N) is 1. The van der Waals surface area contributed by atoms with Crippen molar-refractivity contribution in [1.29, 1.82) is 0 Å². The van der Waals surface area contributed by atoms with E-state index in [9.17, 15) is 4.79 Å². The highest BCUT2D eigenvalue weighted by molar-refractivity contribution is 6.74. The van der Waals surface area contributed by atoms with Crippen LogP contribution in [0.5, 0.6) is 0 Å². The summed E-state index contributed by atoms with van der Waals surface area (Å²) in [5, 5.41) is 0.192. The van der Waals surface area contributed by atoms with Crippen molar-refractivity contribution in [2.75, 3.05) is 26.8 Å². The minimum atomic E-state index is -1.75. The fraction of sp³-hybridized carbons (Fsp3) is 0.762. The summed E-state index contributed by atoms with van der Waals surface area (Å²) in [6.07, 6.45) is 0.369. The highest BCUT2D eigenvalue weighted by Crippen LogP contribution is 2.36. The van der Waals surface area contributed by atoms with Gasteiger partial charge in [-0.25, -0.2) is 4.79 Å². The molecule has 1 rings (SSSR count). The molecule has 0 radical (unpaired) electrons. The molecule has 0 bridgehead atoms. The predicted molar refractivity (Wildman–Crippen MR) is 112 cm³/mol. The summed E-state index contributed by atoms with van der Waals surface area (Å²) in [4.78, 5) is 13.7. The van der Waals surface area contributed by atoms with Crippen LogP contribution in [0.1, 0.15) is 48.0 Å². The first kappa shape index (κ1) is 23.7. The molecule has 0 aromatic heterocycles. The van der Waals surface area contributed by atoms with Crippen molar-refractivity contribution in [3.8, 4) is 11.8 Å². The third-order valence-electron chi connectivity index (χ3n) is 5.07. The van der Waals surface area contributed by atoms with Crippen molar-refractivity contribution >= 4 is 14.4 Å². The zero-order valence-electron chi connectivity index (χ0n) is 18.6. The molecule has 1 fully saturated rings. The first-order valence-electron chi connectivity index (χ1n) is 9.49. The second-order valence-corrected chi connectivity index (χ2v) is 14.6. The quantitative estimate of drug-likeness (QED) is 0.504. The number of amides is 1. The first-order valence-corrected chi connectivity index (χ1v) is 12.4. The van der Waals surface area contributed by atoms with E-state index in [-0.39, 0.29) is 11.1 Å². The average Bonchev–Trinajstić information content (AvgIpc) is 2.43. The predicted octanol–water partition coefficient (Wildman–Crippen LogP) is 4.59. The van der Waals surface area contributed by atoms with Crippen LogP contribution < -0.4 is 0 Å². The van der Waals surface area contributed by atoms with Gasteiger partial charge in [0, 0.05) is 20.1 Å². The zero-order chi connectivity index (χ0) is 21.1. The fourth-order valence-electron chi connectivity index (χ4n) is 2.20. The third kappa shape index (κ3) is 6.98. The van der Waals surface area contributed by atoms with Gasteiger partial charge < -0.3 is 18.8 Å². The van der Waals surface area contributed by atoms with Crippen molar-refractivity contribution in [1.82, 2.24) is 4.90 Å². The topological polar surface area (TPSA) is 48.0 Å². The molecule has 1 aliphatic heterocycles. The Morgan fingerprint density at radius 2 is 1.74 bits per heavy atom. The van der Waals surface area contributed by atoms with Crippen molar-refractivity contribution < 1.29 is 18.7 Å². The Hall–Kier alpha value is -1.29.